The van der Waals surface area contributed by atoms with E-state index in [1.54, 1.807) is 18.2 Å². The monoisotopic (exact) mass is 322 g/mol. The first-order chi connectivity index (χ1) is 11.0. The zero-order valence-corrected chi connectivity index (χ0v) is 14.1. The molecule has 0 aliphatic carbocycles. The summed E-state index contributed by atoms with van der Waals surface area (Å²) in [4.78, 5) is 23.0. The average molecular weight is 322 g/mol. The van der Waals surface area contributed by atoms with Gasteiger partial charge in [-0.1, -0.05) is 6.92 Å². The molecule has 0 saturated heterocycles. The third kappa shape index (κ3) is 6.69. The third-order valence-electron chi connectivity index (χ3n) is 3.43. The van der Waals surface area contributed by atoms with E-state index in [0.29, 0.717) is 49.6 Å². The fourth-order valence-electron chi connectivity index (χ4n) is 1.88. The van der Waals surface area contributed by atoms with E-state index in [9.17, 15) is 9.59 Å². The van der Waals surface area contributed by atoms with Crippen LogP contribution >= 0.6 is 0 Å². The fraction of sp³-hybridized carbons (Fsp3) is 0.529. The Hall–Kier alpha value is -2.08. The molecule has 3 N–H and O–H groups in total. The Bertz CT molecular complexity index is 531. The van der Waals surface area contributed by atoms with Crippen molar-refractivity contribution in [1.82, 2.24) is 5.32 Å². The van der Waals surface area contributed by atoms with E-state index in [2.05, 4.69) is 5.32 Å². The summed E-state index contributed by atoms with van der Waals surface area (Å²) in [7, 11) is 1.53. The van der Waals surface area contributed by atoms with E-state index in [0.717, 1.165) is 0 Å². The van der Waals surface area contributed by atoms with Crippen molar-refractivity contribution in [2.45, 2.75) is 26.7 Å². The van der Waals surface area contributed by atoms with Crippen molar-refractivity contribution in [2.24, 2.45) is 11.7 Å². The van der Waals surface area contributed by atoms with Crippen LogP contribution in [0.5, 0.6) is 11.5 Å². The zero-order valence-electron chi connectivity index (χ0n) is 14.1. The molecule has 23 heavy (non-hydrogen) atoms. The summed E-state index contributed by atoms with van der Waals surface area (Å²) in [5.74, 6) is 1.32. The second kappa shape index (κ2) is 9.84. The van der Waals surface area contributed by atoms with Crippen LogP contribution in [-0.2, 0) is 4.79 Å². The SMILES string of the molecule is COc1cc(C(C)=O)ccc1OCCCC(=O)NCC(C)CN. The molecule has 0 spiro atoms. The third-order valence-corrected chi connectivity index (χ3v) is 3.43. The predicted octanol–water partition coefficient (Wildman–Crippen LogP) is 1.77. The molecule has 1 aromatic carbocycles. The molecule has 1 unspecified atom stereocenters. The summed E-state index contributed by atoms with van der Waals surface area (Å²) >= 11 is 0. The predicted molar refractivity (Wildman–Crippen MR) is 89.0 cm³/mol. The lowest BCUT2D eigenvalue weighted by atomic mass is 10.1. The van der Waals surface area contributed by atoms with Gasteiger partial charge in [0.15, 0.2) is 17.3 Å². The Balaban J connectivity index is 2.38. The van der Waals surface area contributed by atoms with Crippen molar-refractivity contribution in [2.75, 3.05) is 26.8 Å². The lowest BCUT2D eigenvalue weighted by Crippen LogP contribution is -2.31. The van der Waals surface area contributed by atoms with Gasteiger partial charge in [0.1, 0.15) is 0 Å². The van der Waals surface area contributed by atoms with Crippen LogP contribution in [-0.4, -0.2) is 38.5 Å². The molecule has 1 aromatic rings. The normalized spacial score (nSPS) is 11.7. The fourth-order valence-corrected chi connectivity index (χ4v) is 1.88. The van der Waals surface area contributed by atoms with Crippen LogP contribution in [0.25, 0.3) is 0 Å². The van der Waals surface area contributed by atoms with Gasteiger partial charge in [0.05, 0.1) is 13.7 Å². The Morgan fingerprint density at radius 1 is 1.30 bits per heavy atom. The minimum Gasteiger partial charge on any atom is -0.493 e. The molecule has 6 nitrogen and oxygen atoms in total. The first-order valence-electron chi connectivity index (χ1n) is 7.76. The van der Waals surface area contributed by atoms with Gasteiger partial charge in [0, 0.05) is 18.5 Å². The number of ketones is 1. The molecule has 6 heteroatoms. The molecule has 128 valence electrons. The highest BCUT2D eigenvalue weighted by molar-refractivity contribution is 5.94. The maximum absolute atomic E-state index is 11.6. The van der Waals surface area contributed by atoms with Crippen molar-refractivity contribution in [3.63, 3.8) is 0 Å². The Morgan fingerprint density at radius 3 is 2.65 bits per heavy atom. The van der Waals surface area contributed by atoms with Gasteiger partial charge in [-0.25, -0.2) is 0 Å². The van der Waals surface area contributed by atoms with Crippen LogP contribution in [0.1, 0.15) is 37.0 Å². The molecule has 1 atom stereocenters. The number of rotatable bonds is 10. The van der Waals surface area contributed by atoms with Gasteiger partial charge in [0.2, 0.25) is 5.91 Å². The summed E-state index contributed by atoms with van der Waals surface area (Å²) in [6.45, 7) is 5.03. The van der Waals surface area contributed by atoms with Crippen LogP contribution in [0.15, 0.2) is 18.2 Å². The van der Waals surface area contributed by atoms with Crippen LogP contribution in [0.4, 0.5) is 0 Å². The molecular formula is C17H26N2O4. The summed E-state index contributed by atoms with van der Waals surface area (Å²) in [5, 5.41) is 2.84. The van der Waals surface area contributed by atoms with Crippen molar-refractivity contribution >= 4 is 11.7 Å². The minimum absolute atomic E-state index is 0.00667. The standard InChI is InChI=1S/C17H26N2O4/c1-12(10-18)11-19-17(21)5-4-8-23-15-7-6-14(13(2)20)9-16(15)22-3/h6-7,9,12H,4-5,8,10-11,18H2,1-3H3,(H,19,21). The maximum atomic E-state index is 11.6. The van der Waals surface area contributed by atoms with Gasteiger partial charge < -0.3 is 20.5 Å². The van der Waals surface area contributed by atoms with Crippen molar-refractivity contribution in [3.8, 4) is 11.5 Å². The van der Waals surface area contributed by atoms with Gasteiger partial charge in [0.25, 0.3) is 0 Å². The van der Waals surface area contributed by atoms with Gasteiger partial charge in [-0.2, -0.15) is 0 Å². The topological polar surface area (TPSA) is 90.6 Å². The second-order valence-corrected chi connectivity index (χ2v) is 5.52. The molecule has 0 heterocycles. The van der Waals surface area contributed by atoms with E-state index in [1.807, 2.05) is 6.92 Å². The molecule has 0 radical (unpaired) electrons. The molecule has 0 aromatic heterocycles. The van der Waals surface area contributed by atoms with Gasteiger partial charge in [-0.05, 0) is 44.0 Å². The van der Waals surface area contributed by atoms with Crippen molar-refractivity contribution in [1.29, 1.82) is 0 Å². The quantitative estimate of drug-likeness (QED) is 0.506. The van der Waals surface area contributed by atoms with Crippen LogP contribution in [0, 0.1) is 5.92 Å². The summed E-state index contributed by atoms with van der Waals surface area (Å²) in [6, 6.07) is 5.05. The number of amides is 1. The highest BCUT2D eigenvalue weighted by atomic mass is 16.5. The first-order valence-corrected chi connectivity index (χ1v) is 7.76. The van der Waals surface area contributed by atoms with E-state index in [-0.39, 0.29) is 17.6 Å². The number of methoxy groups -OCH3 is 1. The van der Waals surface area contributed by atoms with E-state index < -0.39 is 0 Å². The smallest absolute Gasteiger partial charge is 0.220 e. The largest absolute Gasteiger partial charge is 0.493 e. The summed E-state index contributed by atoms with van der Waals surface area (Å²) in [5.41, 5.74) is 6.07. The number of carbonyl (C=O) groups is 2. The Labute approximate surface area is 137 Å². The number of nitrogens with one attached hydrogen (secondary N) is 1. The second-order valence-electron chi connectivity index (χ2n) is 5.52. The molecule has 0 saturated carbocycles. The highest BCUT2D eigenvalue weighted by Gasteiger charge is 2.09. The van der Waals surface area contributed by atoms with Crippen LogP contribution in [0.2, 0.25) is 0 Å². The minimum atomic E-state index is -0.0294. The average Bonchev–Trinajstić information content (AvgIpc) is 2.56. The van der Waals surface area contributed by atoms with Gasteiger partial charge in [-0.3, -0.25) is 9.59 Å². The first kappa shape index (κ1) is 19.0. The molecule has 1 amide bonds. The number of carbonyl (C=O) groups excluding carboxylic acids is 2. The number of benzene rings is 1. The van der Waals surface area contributed by atoms with Crippen LogP contribution < -0.4 is 20.5 Å². The maximum Gasteiger partial charge on any atom is 0.220 e. The molecular weight excluding hydrogens is 296 g/mol. The lowest BCUT2D eigenvalue weighted by molar-refractivity contribution is -0.121. The molecule has 0 aliphatic rings. The van der Waals surface area contributed by atoms with Gasteiger partial charge >= 0.3 is 0 Å². The molecule has 0 bridgehead atoms. The summed E-state index contributed by atoms with van der Waals surface area (Å²) in [6.07, 6.45) is 0.992. The molecule has 1 rings (SSSR count). The lowest BCUT2D eigenvalue weighted by Gasteiger charge is -2.12. The number of ether oxygens (including phenoxy) is 2. The van der Waals surface area contributed by atoms with Crippen molar-refractivity contribution < 1.29 is 19.1 Å². The van der Waals surface area contributed by atoms with E-state index in [1.165, 1.54) is 14.0 Å². The zero-order chi connectivity index (χ0) is 17.2. The molecule has 0 fully saturated rings. The van der Waals surface area contributed by atoms with Crippen LogP contribution in [0.3, 0.4) is 0 Å². The highest BCUT2D eigenvalue weighted by Crippen LogP contribution is 2.28. The van der Waals surface area contributed by atoms with E-state index in [4.69, 9.17) is 15.2 Å². The number of nitrogens with two attached hydrogens (primary N) is 1. The number of hydrogen-bond donors (Lipinski definition) is 2. The Kier molecular flexibility index (Phi) is 8.11. The summed E-state index contributed by atoms with van der Waals surface area (Å²) < 4.78 is 10.8. The van der Waals surface area contributed by atoms with E-state index >= 15 is 0 Å². The Morgan fingerprint density at radius 2 is 2.04 bits per heavy atom. The number of hydrogen-bond acceptors (Lipinski definition) is 5. The number of Topliss-reactive ketones (excluding diaryl/α,β-unsaturated/α-hetero) is 1. The van der Waals surface area contributed by atoms with Crippen molar-refractivity contribution in [3.05, 3.63) is 23.8 Å². The molecule has 0 aliphatic heterocycles. The van der Waals surface area contributed by atoms with Gasteiger partial charge in [-0.15, -0.1) is 0 Å².